The fourth-order valence-corrected chi connectivity index (χ4v) is 7.91. The Bertz CT molecular complexity index is 2100. The van der Waals surface area contributed by atoms with E-state index in [1.54, 1.807) is 0 Å². The molecule has 1 aliphatic carbocycles. The van der Waals surface area contributed by atoms with Crippen molar-refractivity contribution in [1.82, 2.24) is 0 Å². The molecule has 0 aromatic heterocycles. The van der Waals surface area contributed by atoms with Crippen molar-refractivity contribution < 1.29 is 49.0 Å². The van der Waals surface area contributed by atoms with Crippen molar-refractivity contribution in [2.24, 2.45) is 11.3 Å². The molecule has 0 bridgehead atoms. The number of aryl methyl sites for hydroxylation is 6. The molecule has 6 aromatic carbocycles. The summed E-state index contributed by atoms with van der Waals surface area (Å²) in [4.78, 5) is 0. The van der Waals surface area contributed by atoms with Crippen molar-refractivity contribution >= 4 is 24.8 Å². The molecule has 3 heteroatoms. The summed E-state index contributed by atoms with van der Waals surface area (Å²) in [6.45, 7) is 24.3. The van der Waals surface area contributed by atoms with Crippen LogP contribution in [0.3, 0.4) is 0 Å². The van der Waals surface area contributed by atoms with Gasteiger partial charge in [0.05, 0.1) is 0 Å². The van der Waals surface area contributed by atoms with Gasteiger partial charge in [0.25, 0.3) is 0 Å². The second-order valence-electron chi connectivity index (χ2n) is 15.5. The molecule has 7 rings (SSSR count). The zero-order valence-corrected chi connectivity index (χ0v) is 37.4. The van der Waals surface area contributed by atoms with E-state index in [1.807, 2.05) is 6.07 Å². The zero-order chi connectivity index (χ0) is 37.0. The molecule has 0 nitrogen and oxygen atoms in total. The molecule has 0 aliphatic heterocycles. The monoisotopic (exact) mass is 814 g/mol. The maximum atomic E-state index is 3.35. The number of hydrogen-bond acceptors (Lipinski definition) is 0. The van der Waals surface area contributed by atoms with E-state index in [-0.39, 0.29) is 24.8 Å². The van der Waals surface area contributed by atoms with Gasteiger partial charge in [-0.05, 0) is 74.9 Å². The topological polar surface area (TPSA) is 0 Å². The van der Waals surface area contributed by atoms with Crippen LogP contribution in [-0.4, -0.2) is 3.21 Å². The summed E-state index contributed by atoms with van der Waals surface area (Å²) < 4.78 is 1.46. The summed E-state index contributed by atoms with van der Waals surface area (Å²) in [5.74, 6) is 0.573. The minimum Gasteiger partial charge on any atom is -1.00 e. The number of hydrogen-bond donors (Lipinski definition) is 0. The second kappa shape index (κ2) is 18.9. The molecule has 0 N–H and O–H groups in total. The molecule has 0 amide bonds. The van der Waals surface area contributed by atoms with Crippen molar-refractivity contribution in [1.29, 1.82) is 0 Å². The van der Waals surface area contributed by atoms with Crippen LogP contribution in [0.1, 0.15) is 80.0 Å². The first-order chi connectivity index (χ1) is 24.2. The first-order valence-electron chi connectivity index (χ1n) is 18.4. The van der Waals surface area contributed by atoms with Crippen molar-refractivity contribution in [2.45, 2.75) is 82.6 Å². The summed E-state index contributed by atoms with van der Waals surface area (Å²) in [6.07, 6.45) is 9.00. The van der Waals surface area contributed by atoms with Gasteiger partial charge in [0.15, 0.2) is 0 Å². The van der Waals surface area contributed by atoms with Crippen molar-refractivity contribution in [2.75, 3.05) is 0 Å². The van der Waals surface area contributed by atoms with Gasteiger partial charge in [-0.2, -0.15) is 11.6 Å². The van der Waals surface area contributed by atoms with E-state index >= 15 is 0 Å². The normalized spacial score (nSPS) is 13.3. The number of rotatable bonds is 4. The zero-order valence-electron chi connectivity index (χ0n) is 33.4. The first kappa shape index (κ1) is 44.2. The number of allylic oxidation sites excluding steroid dienone is 4. The minimum absolute atomic E-state index is 0. The molecule has 274 valence electrons. The first-order valence-corrected chi connectivity index (χ1v) is 19.6. The SMILES string of the molecule is CCC1[C-]=CC(C(C)(C)C)=C1.C[C](=[Zr+2])c1ccccc1.Cc1cc(C)c(-c2ccc3c(c2)[cH-]c2cc(-c4c(C)cc(C)cc4C)ccc23)c(C)c1.[Cl-].[Cl-]. The van der Waals surface area contributed by atoms with Crippen LogP contribution in [0.5, 0.6) is 0 Å². The molecule has 0 saturated heterocycles. The summed E-state index contributed by atoms with van der Waals surface area (Å²) in [6, 6.07) is 35.9. The summed E-state index contributed by atoms with van der Waals surface area (Å²) in [5.41, 5.74) is 16.5. The van der Waals surface area contributed by atoms with Gasteiger partial charge in [-0.15, -0.1) is 39.7 Å². The Labute approximate surface area is 347 Å². The third kappa shape index (κ3) is 10.7. The van der Waals surface area contributed by atoms with Crippen LogP contribution in [0.15, 0.2) is 115 Å². The predicted octanol–water partition coefficient (Wildman–Crippen LogP) is 8.04. The molecule has 0 fully saturated rings. The van der Waals surface area contributed by atoms with Crippen molar-refractivity contribution in [3.05, 3.63) is 160 Å². The van der Waals surface area contributed by atoms with E-state index in [0.29, 0.717) is 11.3 Å². The fourth-order valence-electron chi connectivity index (χ4n) is 7.50. The van der Waals surface area contributed by atoms with Gasteiger partial charge in [0.1, 0.15) is 0 Å². The Morgan fingerprint density at radius 2 is 1.09 bits per heavy atom. The van der Waals surface area contributed by atoms with E-state index in [9.17, 15) is 0 Å². The molecular formula is C50H54Cl2Zr-2. The molecule has 1 unspecified atom stereocenters. The van der Waals surface area contributed by atoms with Crippen molar-refractivity contribution in [3.8, 4) is 22.3 Å². The third-order valence-electron chi connectivity index (χ3n) is 9.98. The molecule has 0 radical (unpaired) electrons. The summed E-state index contributed by atoms with van der Waals surface area (Å²) >= 11 is 1.51. The quantitative estimate of drug-likeness (QED) is 0.158. The van der Waals surface area contributed by atoms with Gasteiger partial charge < -0.3 is 24.8 Å². The average molecular weight is 817 g/mol. The molecule has 1 aliphatic rings. The van der Waals surface area contributed by atoms with Crippen LogP contribution in [0, 0.1) is 59.0 Å². The van der Waals surface area contributed by atoms with Gasteiger partial charge in [-0.1, -0.05) is 116 Å². The third-order valence-corrected chi connectivity index (χ3v) is 10.7. The average Bonchev–Trinajstić information content (AvgIpc) is 3.70. The van der Waals surface area contributed by atoms with E-state index in [4.69, 9.17) is 0 Å². The van der Waals surface area contributed by atoms with Crippen LogP contribution >= 0.6 is 0 Å². The summed E-state index contributed by atoms with van der Waals surface area (Å²) in [7, 11) is 0. The minimum atomic E-state index is 0. The summed E-state index contributed by atoms with van der Waals surface area (Å²) in [5, 5.41) is 5.32. The molecule has 53 heavy (non-hydrogen) atoms. The van der Waals surface area contributed by atoms with Gasteiger partial charge in [-0.25, -0.2) is 6.08 Å². The standard InChI is InChI=1S/C31H29.C11H17.C8H8.2ClH.Zr/c1-18-11-20(3)30(21(4)12-18)24-7-9-28-26(15-24)17-27-16-25(8-10-29(27)28)31-22(5)13-19(2)14-23(31)6;1-5-9-6-7-10(8-9)11(2,3)4;1-2-8-6-4-3-5-7-8;;;/h7-17H,1-6H3;7-9H,5H2,1-4H3;3-7H,1H3;2*1H;/q2*-1;;;;+2/p-2. The smallest absolute Gasteiger partial charge is 0.0200 e. The van der Waals surface area contributed by atoms with Gasteiger partial charge in [0, 0.05) is 0 Å². The maximum Gasteiger partial charge on any atom is -0.0200 e. The Morgan fingerprint density at radius 3 is 1.42 bits per heavy atom. The van der Waals surface area contributed by atoms with E-state index in [2.05, 4.69) is 185 Å². The number of fused-ring (bicyclic) bond motifs is 3. The fraction of sp³-hybridized carbons (Fsp3) is 0.280. The Morgan fingerprint density at radius 1 is 0.660 bits per heavy atom. The second-order valence-corrected chi connectivity index (χ2v) is 17.3. The van der Waals surface area contributed by atoms with Gasteiger partial charge in [0.2, 0.25) is 0 Å². The van der Waals surface area contributed by atoms with E-state index in [0.717, 1.165) is 0 Å². The predicted molar refractivity (Wildman–Crippen MR) is 222 cm³/mol. The van der Waals surface area contributed by atoms with Crippen LogP contribution < -0.4 is 24.8 Å². The Hall–Kier alpha value is -3.22. The largest absolute Gasteiger partial charge is 1.00 e. The number of halogens is 2. The van der Waals surface area contributed by atoms with Crippen molar-refractivity contribution in [3.63, 3.8) is 0 Å². The maximum absolute atomic E-state index is 3.35. The van der Waals surface area contributed by atoms with Crippen LogP contribution in [0.4, 0.5) is 0 Å². The Balaban J connectivity index is 0.000000283. The van der Waals surface area contributed by atoms with Crippen LogP contribution in [-0.2, 0) is 24.2 Å². The van der Waals surface area contributed by atoms with Crippen LogP contribution in [0.2, 0.25) is 0 Å². The molecule has 0 spiro atoms. The Kier molecular flexibility index (Phi) is 15.7. The molecule has 1 atom stereocenters. The molecule has 6 aromatic rings. The van der Waals surface area contributed by atoms with Crippen LogP contribution in [0.25, 0.3) is 43.8 Å². The van der Waals surface area contributed by atoms with Gasteiger partial charge >= 0.3 is 70.3 Å². The molecule has 0 saturated carbocycles. The number of benzene rings is 5. The van der Waals surface area contributed by atoms with E-state index in [1.165, 1.54) is 122 Å². The van der Waals surface area contributed by atoms with E-state index < -0.39 is 0 Å². The molecular weight excluding hydrogens is 763 g/mol. The van der Waals surface area contributed by atoms with Gasteiger partial charge in [-0.3, -0.25) is 6.08 Å². The molecule has 0 heterocycles.